The topological polar surface area (TPSA) is 12.0 Å². The lowest BCUT2D eigenvalue weighted by Gasteiger charge is -2.10. The first-order valence-electron chi connectivity index (χ1n) is 4.74. The highest BCUT2D eigenvalue weighted by molar-refractivity contribution is 7.10. The summed E-state index contributed by atoms with van der Waals surface area (Å²) in [6.45, 7) is 3.06. The van der Waals surface area contributed by atoms with Crippen LogP contribution in [0.2, 0.25) is 5.02 Å². The van der Waals surface area contributed by atoms with Crippen molar-refractivity contribution in [3.05, 3.63) is 43.7 Å². The van der Waals surface area contributed by atoms with E-state index in [1.165, 1.54) is 10.4 Å². The molecular weight excluding hydrogens is 246 g/mol. The molecule has 1 N–H and O–H groups in total. The van der Waals surface area contributed by atoms with Gasteiger partial charge in [-0.2, -0.15) is 11.3 Å². The highest BCUT2D eigenvalue weighted by Crippen LogP contribution is 2.21. The van der Waals surface area contributed by atoms with E-state index in [-0.39, 0.29) is 0 Å². The Morgan fingerprint density at radius 1 is 1.47 bits per heavy atom. The summed E-state index contributed by atoms with van der Waals surface area (Å²) in [7, 11) is 0. The highest BCUT2D eigenvalue weighted by Gasteiger charge is 2.05. The van der Waals surface area contributed by atoms with Crippen molar-refractivity contribution >= 4 is 34.3 Å². The van der Waals surface area contributed by atoms with Crippen LogP contribution < -0.4 is 5.32 Å². The van der Waals surface area contributed by atoms with Gasteiger partial charge >= 0.3 is 0 Å². The van der Waals surface area contributed by atoms with E-state index in [9.17, 15) is 0 Å². The Morgan fingerprint density at radius 2 is 2.33 bits per heavy atom. The Balaban J connectivity index is 1.88. The number of nitrogens with one attached hydrogen (secondary N) is 1. The zero-order valence-corrected chi connectivity index (χ0v) is 10.8. The van der Waals surface area contributed by atoms with Crippen LogP contribution in [0.15, 0.2) is 28.3 Å². The molecule has 0 spiro atoms. The fourth-order valence-corrected chi connectivity index (χ4v) is 3.12. The first-order chi connectivity index (χ1) is 7.25. The minimum atomic E-state index is 0.400. The molecule has 0 aliphatic carbocycles. The molecule has 0 amide bonds. The SMILES string of the molecule is CC(NCc1cc(Cl)cs1)c1ccsc1. The van der Waals surface area contributed by atoms with Crippen LogP contribution in [-0.4, -0.2) is 0 Å². The first-order valence-corrected chi connectivity index (χ1v) is 6.94. The molecule has 0 radical (unpaired) electrons. The van der Waals surface area contributed by atoms with Crippen molar-refractivity contribution in [3.8, 4) is 0 Å². The molecule has 0 fully saturated rings. The van der Waals surface area contributed by atoms with E-state index in [1.807, 2.05) is 11.4 Å². The lowest BCUT2D eigenvalue weighted by atomic mass is 10.2. The molecule has 0 saturated heterocycles. The van der Waals surface area contributed by atoms with Crippen LogP contribution in [0.1, 0.15) is 23.4 Å². The number of thiophene rings is 2. The third kappa shape index (κ3) is 3.05. The summed E-state index contributed by atoms with van der Waals surface area (Å²) in [5.41, 5.74) is 1.35. The Kier molecular flexibility index (Phi) is 3.81. The summed E-state index contributed by atoms with van der Waals surface area (Å²) >= 11 is 9.29. The average molecular weight is 258 g/mol. The molecule has 2 rings (SSSR count). The molecule has 15 heavy (non-hydrogen) atoms. The van der Waals surface area contributed by atoms with E-state index in [0.717, 1.165) is 11.6 Å². The van der Waals surface area contributed by atoms with Crippen molar-refractivity contribution in [3.63, 3.8) is 0 Å². The van der Waals surface area contributed by atoms with Crippen molar-refractivity contribution < 1.29 is 0 Å². The van der Waals surface area contributed by atoms with Crippen molar-refractivity contribution in [2.75, 3.05) is 0 Å². The molecule has 2 aromatic rings. The van der Waals surface area contributed by atoms with E-state index in [0.29, 0.717) is 6.04 Å². The molecule has 1 unspecified atom stereocenters. The van der Waals surface area contributed by atoms with Crippen molar-refractivity contribution in [1.82, 2.24) is 5.32 Å². The molecule has 80 valence electrons. The average Bonchev–Trinajstić information content (AvgIpc) is 2.84. The number of rotatable bonds is 4. The molecule has 0 saturated carbocycles. The summed E-state index contributed by atoms with van der Waals surface area (Å²) in [5, 5.41) is 10.6. The van der Waals surface area contributed by atoms with Gasteiger partial charge in [0, 0.05) is 22.8 Å². The maximum Gasteiger partial charge on any atom is 0.0516 e. The second-order valence-corrected chi connectivity index (χ2v) is 5.60. The maximum absolute atomic E-state index is 5.86. The van der Waals surface area contributed by atoms with Crippen molar-refractivity contribution in [2.45, 2.75) is 19.5 Å². The van der Waals surface area contributed by atoms with Crippen molar-refractivity contribution in [2.24, 2.45) is 0 Å². The zero-order valence-electron chi connectivity index (χ0n) is 8.37. The molecule has 0 bridgehead atoms. The van der Waals surface area contributed by atoms with Gasteiger partial charge in [0.05, 0.1) is 5.02 Å². The number of hydrogen-bond acceptors (Lipinski definition) is 3. The van der Waals surface area contributed by atoms with Gasteiger partial charge in [-0.25, -0.2) is 0 Å². The van der Waals surface area contributed by atoms with Crippen LogP contribution in [0.4, 0.5) is 0 Å². The predicted molar refractivity (Wildman–Crippen MR) is 68.9 cm³/mol. The summed E-state index contributed by atoms with van der Waals surface area (Å²) in [4.78, 5) is 1.28. The minimum absolute atomic E-state index is 0.400. The highest BCUT2D eigenvalue weighted by atomic mass is 35.5. The van der Waals surface area contributed by atoms with E-state index in [2.05, 4.69) is 29.1 Å². The van der Waals surface area contributed by atoms with Crippen LogP contribution in [-0.2, 0) is 6.54 Å². The maximum atomic E-state index is 5.86. The summed E-state index contributed by atoms with van der Waals surface area (Å²) in [5.74, 6) is 0. The standard InChI is InChI=1S/C11H12ClNS2/c1-8(9-2-3-14-6-9)13-5-11-4-10(12)7-15-11/h2-4,6-8,13H,5H2,1H3. The van der Waals surface area contributed by atoms with E-state index in [4.69, 9.17) is 11.6 Å². The van der Waals surface area contributed by atoms with Crippen LogP contribution in [0, 0.1) is 0 Å². The number of halogens is 1. The monoisotopic (exact) mass is 257 g/mol. The fraction of sp³-hybridized carbons (Fsp3) is 0.273. The Labute approximate surface area is 103 Å². The molecule has 2 aromatic heterocycles. The summed E-state index contributed by atoms with van der Waals surface area (Å²) < 4.78 is 0. The molecule has 4 heteroatoms. The molecule has 2 heterocycles. The summed E-state index contributed by atoms with van der Waals surface area (Å²) in [6.07, 6.45) is 0. The van der Waals surface area contributed by atoms with Crippen LogP contribution in [0.25, 0.3) is 0 Å². The minimum Gasteiger partial charge on any atom is -0.305 e. The Bertz CT molecular complexity index is 408. The van der Waals surface area contributed by atoms with Gasteiger partial charge in [-0.15, -0.1) is 11.3 Å². The van der Waals surface area contributed by atoms with Gasteiger partial charge in [-0.1, -0.05) is 11.6 Å². The van der Waals surface area contributed by atoms with Crippen molar-refractivity contribution in [1.29, 1.82) is 0 Å². The number of hydrogen-bond donors (Lipinski definition) is 1. The van der Waals surface area contributed by atoms with Crippen LogP contribution in [0.3, 0.4) is 0 Å². The Morgan fingerprint density at radius 3 is 2.93 bits per heavy atom. The third-order valence-electron chi connectivity index (χ3n) is 2.25. The van der Waals surface area contributed by atoms with Gasteiger partial charge in [-0.3, -0.25) is 0 Å². The quantitative estimate of drug-likeness (QED) is 0.861. The lowest BCUT2D eigenvalue weighted by molar-refractivity contribution is 0.580. The summed E-state index contributed by atoms with van der Waals surface area (Å²) in [6, 6.07) is 4.57. The van der Waals surface area contributed by atoms with Crippen LogP contribution in [0.5, 0.6) is 0 Å². The molecule has 0 aliphatic heterocycles. The van der Waals surface area contributed by atoms with E-state index >= 15 is 0 Å². The van der Waals surface area contributed by atoms with Gasteiger partial charge in [0.15, 0.2) is 0 Å². The molecule has 1 nitrogen and oxygen atoms in total. The smallest absolute Gasteiger partial charge is 0.0516 e. The van der Waals surface area contributed by atoms with Gasteiger partial charge in [0.25, 0.3) is 0 Å². The molecule has 0 aromatic carbocycles. The predicted octanol–water partition coefficient (Wildman–Crippen LogP) is 4.31. The zero-order chi connectivity index (χ0) is 10.7. The largest absolute Gasteiger partial charge is 0.305 e. The van der Waals surface area contributed by atoms with E-state index < -0.39 is 0 Å². The molecule has 1 atom stereocenters. The third-order valence-corrected chi connectivity index (χ3v) is 4.23. The fourth-order valence-electron chi connectivity index (χ4n) is 1.34. The van der Waals surface area contributed by atoms with Gasteiger partial charge in [0.1, 0.15) is 0 Å². The Hall–Kier alpha value is -0.350. The molecule has 0 aliphatic rings. The second-order valence-electron chi connectivity index (χ2n) is 3.39. The van der Waals surface area contributed by atoms with Gasteiger partial charge < -0.3 is 5.32 Å². The lowest BCUT2D eigenvalue weighted by Crippen LogP contribution is -2.16. The second kappa shape index (κ2) is 5.12. The van der Waals surface area contributed by atoms with Crippen LogP contribution >= 0.6 is 34.3 Å². The normalized spacial score (nSPS) is 12.9. The van der Waals surface area contributed by atoms with Gasteiger partial charge in [0.2, 0.25) is 0 Å². The van der Waals surface area contributed by atoms with E-state index in [1.54, 1.807) is 22.7 Å². The molecular formula is C11H12ClNS2. The van der Waals surface area contributed by atoms with Gasteiger partial charge in [-0.05, 0) is 35.4 Å². The first kappa shape index (κ1) is 11.1.